The summed E-state index contributed by atoms with van der Waals surface area (Å²) >= 11 is 0. The first kappa shape index (κ1) is 24.8. The number of carbonyl (C=O) groups excluding carboxylic acids is 1. The predicted molar refractivity (Wildman–Crippen MR) is 120 cm³/mol. The Kier molecular flexibility index (Phi) is 9.93. The van der Waals surface area contributed by atoms with Gasteiger partial charge in [0.05, 0.1) is 12.9 Å². The average Bonchev–Trinajstić information content (AvgIpc) is 3.15. The van der Waals surface area contributed by atoms with Gasteiger partial charge in [0.15, 0.2) is 11.2 Å². The molecule has 2 heterocycles. The number of aliphatic hydroxyl groups excluding tert-OH is 1. The largest absolute Gasteiger partial charge is 0.394 e. The quantitative estimate of drug-likeness (QED) is 0.366. The maximum absolute atomic E-state index is 12.6. The van der Waals surface area contributed by atoms with Crippen molar-refractivity contribution in [2.24, 2.45) is 19.8 Å². The summed E-state index contributed by atoms with van der Waals surface area (Å²) in [5, 5.41) is 11.5. The highest BCUT2D eigenvalue weighted by Crippen LogP contribution is 2.10. The summed E-state index contributed by atoms with van der Waals surface area (Å²) in [7, 11) is 3.40. The molecule has 0 aliphatic carbocycles. The van der Waals surface area contributed by atoms with E-state index in [4.69, 9.17) is 10.8 Å². The highest BCUT2D eigenvalue weighted by molar-refractivity contribution is 5.81. The molecule has 31 heavy (non-hydrogen) atoms. The van der Waals surface area contributed by atoms with Crippen molar-refractivity contribution in [3.63, 3.8) is 0 Å². The number of nitrogens with two attached hydrogens (primary N) is 1. The van der Waals surface area contributed by atoms with Crippen LogP contribution in [-0.2, 0) is 25.4 Å². The maximum Gasteiger partial charge on any atom is 0.332 e. The van der Waals surface area contributed by atoms with Gasteiger partial charge in [-0.2, -0.15) is 0 Å². The number of unbranched alkanes of at least 4 members (excludes halogenated alkanes) is 8. The number of hydrogen-bond donors (Lipinski definition) is 3. The van der Waals surface area contributed by atoms with E-state index in [9.17, 15) is 14.4 Å². The Hall–Kier alpha value is -2.46. The van der Waals surface area contributed by atoms with Crippen LogP contribution in [0.5, 0.6) is 0 Å². The second-order valence-electron chi connectivity index (χ2n) is 8.09. The van der Waals surface area contributed by atoms with Gasteiger partial charge in [0.2, 0.25) is 5.91 Å². The van der Waals surface area contributed by atoms with Gasteiger partial charge in [-0.3, -0.25) is 18.7 Å². The molecule has 0 fully saturated rings. The smallest absolute Gasteiger partial charge is 0.332 e. The van der Waals surface area contributed by atoms with Crippen LogP contribution in [0.3, 0.4) is 0 Å². The topological polar surface area (TPSA) is 137 Å². The molecule has 2 aromatic heterocycles. The van der Waals surface area contributed by atoms with Crippen LogP contribution in [0.25, 0.3) is 11.2 Å². The van der Waals surface area contributed by atoms with Crippen LogP contribution >= 0.6 is 0 Å². The Morgan fingerprint density at radius 2 is 1.65 bits per heavy atom. The van der Waals surface area contributed by atoms with E-state index in [1.165, 1.54) is 9.13 Å². The molecule has 0 bridgehead atoms. The van der Waals surface area contributed by atoms with Crippen LogP contribution in [0.4, 0.5) is 0 Å². The van der Waals surface area contributed by atoms with Crippen LogP contribution in [-0.4, -0.2) is 48.9 Å². The van der Waals surface area contributed by atoms with Crippen molar-refractivity contribution < 1.29 is 9.90 Å². The van der Waals surface area contributed by atoms with Gasteiger partial charge in [-0.1, -0.05) is 44.9 Å². The summed E-state index contributed by atoms with van der Waals surface area (Å²) < 4.78 is 4.41. The third-order valence-electron chi connectivity index (χ3n) is 5.59. The molecular formula is C21H36N6O4. The zero-order valence-electron chi connectivity index (χ0n) is 18.7. The molecule has 0 saturated carbocycles. The summed E-state index contributed by atoms with van der Waals surface area (Å²) in [6.07, 6.45) is 11.0. The molecule has 10 heteroatoms. The van der Waals surface area contributed by atoms with E-state index in [-0.39, 0.29) is 23.8 Å². The first-order valence-electron chi connectivity index (χ1n) is 11.1. The van der Waals surface area contributed by atoms with Gasteiger partial charge < -0.3 is 20.7 Å². The molecule has 0 aliphatic rings. The summed E-state index contributed by atoms with van der Waals surface area (Å²) in [6, 6.07) is -0.834. The minimum Gasteiger partial charge on any atom is -0.394 e. The number of amides is 1. The van der Waals surface area contributed by atoms with Gasteiger partial charge in [0, 0.05) is 27.2 Å². The highest BCUT2D eigenvalue weighted by atomic mass is 16.3. The molecule has 0 radical (unpaired) electrons. The van der Waals surface area contributed by atoms with Crippen molar-refractivity contribution in [3.05, 3.63) is 27.2 Å². The summed E-state index contributed by atoms with van der Waals surface area (Å²) in [5.41, 5.74) is 5.72. The number of nitrogens with one attached hydrogen (secondary N) is 1. The molecule has 0 spiro atoms. The first-order valence-corrected chi connectivity index (χ1v) is 11.1. The van der Waals surface area contributed by atoms with Crippen LogP contribution in [0, 0.1) is 0 Å². The maximum atomic E-state index is 12.6. The molecule has 174 valence electrons. The lowest BCUT2D eigenvalue weighted by Gasteiger charge is -2.09. The number of imidazole rings is 1. The van der Waals surface area contributed by atoms with Crippen molar-refractivity contribution in [3.8, 4) is 0 Å². The predicted octanol–water partition coefficient (Wildman–Crippen LogP) is 0.380. The summed E-state index contributed by atoms with van der Waals surface area (Å²) in [5.74, 6) is -0.303. The molecule has 2 aromatic rings. The fourth-order valence-corrected chi connectivity index (χ4v) is 3.65. The van der Waals surface area contributed by atoms with Gasteiger partial charge in [-0.05, 0) is 12.8 Å². The van der Waals surface area contributed by atoms with E-state index < -0.39 is 6.04 Å². The van der Waals surface area contributed by atoms with Crippen LogP contribution in [0.15, 0.2) is 15.9 Å². The zero-order valence-corrected chi connectivity index (χ0v) is 18.7. The molecule has 1 atom stereocenters. The van der Waals surface area contributed by atoms with Gasteiger partial charge in [-0.25, -0.2) is 9.78 Å². The van der Waals surface area contributed by atoms with Gasteiger partial charge >= 0.3 is 5.69 Å². The fourth-order valence-electron chi connectivity index (χ4n) is 3.65. The zero-order chi connectivity index (χ0) is 22.8. The van der Waals surface area contributed by atoms with E-state index in [2.05, 4.69) is 10.3 Å². The highest BCUT2D eigenvalue weighted by Gasteiger charge is 2.14. The standard InChI is InChI=1S/C21H36N6O4/c1-25-15-24-18-17(25)20(30)27(21(31)26(18)2)13-11-9-7-5-3-4-6-8-10-12-23-19(29)16(22)14-28/h15-16,28H,3-14,22H2,1-2H3,(H,23,29). The number of nitrogens with zero attached hydrogens (tertiary/aromatic N) is 4. The lowest BCUT2D eigenvalue weighted by molar-refractivity contribution is -0.123. The monoisotopic (exact) mass is 436 g/mol. The lowest BCUT2D eigenvalue weighted by Crippen LogP contribution is -2.43. The van der Waals surface area contributed by atoms with E-state index >= 15 is 0 Å². The molecule has 0 aromatic carbocycles. The number of aryl methyl sites for hydroxylation is 2. The minimum absolute atomic E-state index is 0.271. The second kappa shape index (κ2) is 12.4. The Balaban J connectivity index is 1.58. The summed E-state index contributed by atoms with van der Waals surface area (Å²) in [4.78, 5) is 40.6. The minimum atomic E-state index is -0.834. The van der Waals surface area contributed by atoms with Crippen LogP contribution in [0.2, 0.25) is 0 Å². The molecule has 1 unspecified atom stereocenters. The van der Waals surface area contributed by atoms with Crippen LogP contribution < -0.4 is 22.3 Å². The second-order valence-corrected chi connectivity index (χ2v) is 8.09. The molecular weight excluding hydrogens is 400 g/mol. The van der Waals surface area contributed by atoms with E-state index in [0.717, 1.165) is 57.8 Å². The molecule has 2 rings (SSSR count). The van der Waals surface area contributed by atoms with Crippen molar-refractivity contribution in [1.29, 1.82) is 0 Å². The number of rotatable bonds is 14. The Morgan fingerprint density at radius 1 is 1.06 bits per heavy atom. The molecule has 0 saturated heterocycles. The van der Waals surface area contributed by atoms with Gasteiger partial charge in [0.25, 0.3) is 5.56 Å². The van der Waals surface area contributed by atoms with Crippen molar-refractivity contribution >= 4 is 17.1 Å². The number of aliphatic hydroxyl groups is 1. The third-order valence-corrected chi connectivity index (χ3v) is 5.59. The van der Waals surface area contributed by atoms with Gasteiger partial charge in [-0.15, -0.1) is 0 Å². The first-order chi connectivity index (χ1) is 14.9. The molecule has 0 aliphatic heterocycles. The molecule has 1 amide bonds. The third kappa shape index (κ3) is 6.76. The van der Waals surface area contributed by atoms with Gasteiger partial charge in [0.1, 0.15) is 6.04 Å². The average molecular weight is 437 g/mol. The normalized spacial score (nSPS) is 12.4. The number of hydrogen-bond acceptors (Lipinski definition) is 6. The Bertz CT molecular complexity index is 961. The Morgan fingerprint density at radius 3 is 2.26 bits per heavy atom. The van der Waals surface area contributed by atoms with E-state index in [0.29, 0.717) is 24.3 Å². The lowest BCUT2D eigenvalue weighted by atomic mass is 10.1. The number of fused-ring (bicyclic) bond motifs is 1. The fraction of sp³-hybridized carbons (Fsp3) is 0.714. The van der Waals surface area contributed by atoms with Crippen LogP contribution in [0.1, 0.15) is 57.8 Å². The van der Waals surface area contributed by atoms with Crippen molar-refractivity contribution in [1.82, 2.24) is 24.0 Å². The summed E-state index contributed by atoms with van der Waals surface area (Å²) in [6.45, 7) is 0.688. The van der Waals surface area contributed by atoms with E-state index in [1.54, 1.807) is 25.0 Å². The number of aromatic nitrogens is 4. The van der Waals surface area contributed by atoms with Crippen molar-refractivity contribution in [2.75, 3.05) is 13.2 Å². The number of carbonyl (C=O) groups is 1. The van der Waals surface area contributed by atoms with Crippen molar-refractivity contribution in [2.45, 2.75) is 70.4 Å². The molecule has 4 N–H and O–H groups in total. The SMILES string of the molecule is Cn1cnc2c1c(=O)n(CCCCCCCCCCCNC(=O)C(N)CO)c(=O)n2C. The molecule has 10 nitrogen and oxygen atoms in total. The van der Waals surface area contributed by atoms with E-state index in [1.807, 2.05) is 0 Å². The Labute approximate surface area is 182 Å².